The molecule has 1 aromatic heterocycles. The largest absolute Gasteiger partial charge is 0.310 e. The summed E-state index contributed by atoms with van der Waals surface area (Å²) in [4.78, 5) is 19.0. The SMILES string of the molecule is O=c1ccnc(CSc2ccccc2Br)[nH]1. The first-order chi connectivity index (χ1) is 7.75. The van der Waals surface area contributed by atoms with Gasteiger partial charge in [0.15, 0.2) is 0 Å². The molecule has 1 aromatic carbocycles. The van der Waals surface area contributed by atoms with Crippen molar-refractivity contribution in [2.24, 2.45) is 0 Å². The third-order valence-electron chi connectivity index (χ3n) is 1.92. The van der Waals surface area contributed by atoms with Gasteiger partial charge in [-0.3, -0.25) is 4.79 Å². The summed E-state index contributed by atoms with van der Waals surface area (Å²) in [6, 6.07) is 9.37. The summed E-state index contributed by atoms with van der Waals surface area (Å²) in [6.45, 7) is 0. The zero-order valence-corrected chi connectivity index (χ0v) is 10.7. The normalized spacial score (nSPS) is 10.3. The Balaban J connectivity index is 2.08. The van der Waals surface area contributed by atoms with Gasteiger partial charge in [-0.25, -0.2) is 4.98 Å². The van der Waals surface area contributed by atoms with Gasteiger partial charge in [0.1, 0.15) is 5.82 Å². The minimum absolute atomic E-state index is 0.113. The van der Waals surface area contributed by atoms with E-state index in [0.717, 1.165) is 9.37 Å². The molecule has 1 heterocycles. The minimum atomic E-state index is -0.113. The van der Waals surface area contributed by atoms with Crippen molar-refractivity contribution in [1.29, 1.82) is 0 Å². The van der Waals surface area contributed by atoms with Crippen LogP contribution in [0.1, 0.15) is 5.82 Å². The molecule has 2 aromatic rings. The van der Waals surface area contributed by atoms with Gasteiger partial charge < -0.3 is 4.98 Å². The maximum Gasteiger partial charge on any atom is 0.250 e. The Hall–Kier alpha value is -1.07. The number of H-pyrrole nitrogens is 1. The van der Waals surface area contributed by atoms with Crippen molar-refractivity contribution >= 4 is 27.7 Å². The van der Waals surface area contributed by atoms with Gasteiger partial charge in [0, 0.05) is 21.6 Å². The predicted octanol–water partition coefficient (Wildman–Crippen LogP) is 2.82. The van der Waals surface area contributed by atoms with Crippen LogP contribution in [0.25, 0.3) is 0 Å². The molecule has 0 atom stereocenters. The quantitative estimate of drug-likeness (QED) is 0.886. The van der Waals surface area contributed by atoms with E-state index >= 15 is 0 Å². The van der Waals surface area contributed by atoms with E-state index in [4.69, 9.17) is 0 Å². The minimum Gasteiger partial charge on any atom is -0.310 e. The number of aromatic nitrogens is 2. The Morgan fingerprint density at radius 1 is 1.31 bits per heavy atom. The van der Waals surface area contributed by atoms with E-state index in [0.29, 0.717) is 11.6 Å². The number of rotatable bonds is 3. The highest BCUT2D eigenvalue weighted by Gasteiger charge is 2.01. The summed E-state index contributed by atoms with van der Waals surface area (Å²) < 4.78 is 1.05. The van der Waals surface area contributed by atoms with Crippen molar-refractivity contribution in [2.45, 2.75) is 10.6 Å². The van der Waals surface area contributed by atoms with Crippen LogP contribution in [0.2, 0.25) is 0 Å². The maximum absolute atomic E-state index is 11.1. The molecule has 0 aliphatic rings. The highest BCUT2D eigenvalue weighted by Crippen LogP contribution is 2.28. The van der Waals surface area contributed by atoms with Crippen molar-refractivity contribution in [3.63, 3.8) is 0 Å². The van der Waals surface area contributed by atoms with Crippen LogP contribution in [0.3, 0.4) is 0 Å². The van der Waals surface area contributed by atoms with E-state index < -0.39 is 0 Å². The molecule has 0 unspecified atom stereocenters. The monoisotopic (exact) mass is 296 g/mol. The average Bonchev–Trinajstić information content (AvgIpc) is 2.28. The van der Waals surface area contributed by atoms with E-state index in [1.54, 1.807) is 11.8 Å². The molecule has 3 nitrogen and oxygen atoms in total. The third-order valence-corrected chi connectivity index (χ3v) is 3.96. The number of nitrogens with zero attached hydrogens (tertiary/aromatic N) is 1. The molecule has 5 heteroatoms. The fourth-order valence-corrected chi connectivity index (χ4v) is 2.64. The number of thioether (sulfide) groups is 1. The van der Waals surface area contributed by atoms with Crippen LogP contribution in [0.4, 0.5) is 0 Å². The van der Waals surface area contributed by atoms with E-state index in [9.17, 15) is 4.79 Å². The van der Waals surface area contributed by atoms with E-state index in [1.807, 2.05) is 24.3 Å². The molecular formula is C11H9BrN2OS. The second-order valence-electron chi connectivity index (χ2n) is 3.10. The van der Waals surface area contributed by atoms with E-state index in [-0.39, 0.29) is 5.56 Å². The Morgan fingerprint density at radius 2 is 2.12 bits per heavy atom. The van der Waals surface area contributed by atoms with Crippen molar-refractivity contribution in [2.75, 3.05) is 0 Å². The van der Waals surface area contributed by atoms with Crippen molar-refractivity contribution in [3.05, 3.63) is 57.2 Å². The van der Waals surface area contributed by atoms with Crippen molar-refractivity contribution in [3.8, 4) is 0 Å². The predicted molar refractivity (Wildman–Crippen MR) is 68.6 cm³/mol. The zero-order chi connectivity index (χ0) is 11.4. The van der Waals surface area contributed by atoms with Crippen LogP contribution in [0.15, 0.2) is 50.7 Å². The second-order valence-corrected chi connectivity index (χ2v) is 4.97. The van der Waals surface area contributed by atoms with Crippen LogP contribution in [0.5, 0.6) is 0 Å². The van der Waals surface area contributed by atoms with Gasteiger partial charge in [-0.15, -0.1) is 11.8 Å². The molecule has 0 saturated carbocycles. The molecule has 0 saturated heterocycles. The fourth-order valence-electron chi connectivity index (χ4n) is 1.19. The van der Waals surface area contributed by atoms with Gasteiger partial charge in [0.2, 0.25) is 0 Å². The number of nitrogens with one attached hydrogen (secondary N) is 1. The van der Waals surface area contributed by atoms with E-state index in [2.05, 4.69) is 25.9 Å². The van der Waals surface area contributed by atoms with E-state index in [1.165, 1.54) is 12.3 Å². The van der Waals surface area contributed by atoms with Crippen LogP contribution >= 0.6 is 27.7 Å². The summed E-state index contributed by atoms with van der Waals surface area (Å²) in [5.41, 5.74) is -0.113. The average molecular weight is 297 g/mol. The number of hydrogen-bond acceptors (Lipinski definition) is 3. The van der Waals surface area contributed by atoms with Gasteiger partial charge in [-0.1, -0.05) is 12.1 Å². The maximum atomic E-state index is 11.1. The van der Waals surface area contributed by atoms with Crippen LogP contribution in [0, 0.1) is 0 Å². The van der Waals surface area contributed by atoms with Crippen molar-refractivity contribution in [1.82, 2.24) is 9.97 Å². The number of halogens is 1. The molecule has 0 aliphatic heterocycles. The van der Waals surface area contributed by atoms with Gasteiger partial charge in [0.05, 0.1) is 5.75 Å². The van der Waals surface area contributed by atoms with Crippen LogP contribution < -0.4 is 5.56 Å². The van der Waals surface area contributed by atoms with Gasteiger partial charge in [-0.2, -0.15) is 0 Å². The molecule has 0 spiro atoms. The summed E-state index contributed by atoms with van der Waals surface area (Å²) in [5, 5.41) is 0. The van der Waals surface area contributed by atoms with Crippen molar-refractivity contribution < 1.29 is 0 Å². The first-order valence-electron chi connectivity index (χ1n) is 4.67. The fraction of sp³-hybridized carbons (Fsp3) is 0.0909. The number of aromatic amines is 1. The summed E-state index contributed by atoms with van der Waals surface area (Å²) in [5.74, 6) is 1.34. The lowest BCUT2D eigenvalue weighted by Crippen LogP contribution is -2.07. The molecule has 0 fully saturated rings. The second kappa shape index (κ2) is 5.32. The van der Waals surface area contributed by atoms with Crippen LogP contribution in [-0.4, -0.2) is 9.97 Å². The Kier molecular flexibility index (Phi) is 3.79. The molecular weight excluding hydrogens is 288 g/mol. The lowest BCUT2D eigenvalue weighted by molar-refractivity contribution is 1.00. The summed E-state index contributed by atoms with van der Waals surface area (Å²) in [7, 11) is 0. The van der Waals surface area contributed by atoms with Gasteiger partial charge >= 0.3 is 0 Å². The molecule has 0 radical (unpaired) electrons. The molecule has 0 amide bonds. The number of benzene rings is 1. The molecule has 16 heavy (non-hydrogen) atoms. The molecule has 0 aliphatic carbocycles. The Bertz CT molecular complexity index is 541. The molecule has 2 rings (SSSR count). The summed E-state index contributed by atoms with van der Waals surface area (Å²) in [6.07, 6.45) is 1.52. The van der Waals surface area contributed by atoms with Gasteiger partial charge in [0.25, 0.3) is 5.56 Å². The highest BCUT2D eigenvalue weighted by atomic mass is 79.9. The highest BCUT2D eigenvalue weighted by molar-refractivity contribution is 9.10. The Labute approximate surface area is 105 Å². The third kappa shape index (κ3) is 2.96. The molecule has 82 valence electrons. The number of hydrogen-bond donors (Lipinski definition) is 1. The smallest absolute Gasteiger partial charge is 0.250 e. The topological polar surface area (TPSA) is 45.8 Å². The summed E-state index contributed by atoms with van der Waals surface area (Å²) >= 11 is 5.10. The Morgan fingerprint density at radius 3 is 2.88 bits per heavy atom. The lowest BCUT2D eigenvalue weighted by Gasteiger charge is -2.02. The molecule has 1 N–H and O–H groups in total. The van der Waals surface area contributed by atoms with Gasteiger partial charge in [-0.05, 0) is 28.1 Å². The van der Waals surface area contributed by atoms with Crippen LogP contribution in [-0.2, 0) is 5.75 Å². The molecule has 0 bridgehead atoms. The first kappa shape index (κ1) is 11.4. The standard InChI is InChI=1S/C11H9BrN2OS/c12-8-3-1-2-4-9(8)16-7-10-13-6-5-11(15)14-10/h1-6H,7H2,(H,13,14,15). The lowest BCUT2D eigenvalue weighted by atomic mass is 10.4. The zero-order valence-electron chi connectivity index (χ0n) is 8.31. The first-order valence-corrected chi connectivity index (χ1v) is 6.45.